The first-order valence-electron chi connectivity index (χ1n) is 14.4. The highest BCUT2D eigenvalue weighted by Gasteiger charge is 2.48. The van der Waals surface area contributed by atoms with Crippen LogP contribution in [0.4, 0.5) is 14.5 Å². The molecule has 0 aromatic heterocycles. The molecule has 1 amide bonds. The van der Waals surface area contributed by atoms with Gasteiger partial charge in [-0.1, -0.05) is 36.4 Å². The van der Waals surface area contributed by atoms with Gasteiger partial charge >= 0.3 is 5.97 Å². The molecule has 0 spiro atoms. The van der Waals surface area contributed by atoms with Gasteiger partial charge in [0.05, 0.1) is 43.2 Å². The van der Waals surface area contributed by atoms with Crippen LogP contribution >= 0.6 is 0 Å². The number of anilines is 1. The van der Waals surface area contributed by atoms with Crippen molar-refractivity contribution < 1.29 is 33.3 Å². The predicted octanol–water partition coefficient (Wildman–Crippen LogP) is 5.34. The third-order valence-electron chi connectivity index (χ3n) is 8.28. The number of carboxylic acid groups (broad SMARTS) is 1. The molecule has 3 atom stereocenters. The van der Waals surface area contributed by atoms with Crippen LogP contribution < -0.4 is 10.2 Å². The lowest BCUT2D eigenvalue weighted by molar-refractivity contribution is -0.146. The second-order valence-electron chi connectivity index (χ2n) is 11.3. The maximum atomic E-state index is 13.6. The summed E-state index contributed by atoms with van der Waals surface area (Å²) in [5.74, 6) is -2.01. The van der Waals surface area contributed by atoms with E-state index in [1.807, 2.05) is 12.1 Å². The summed E-state index contributed by atoms with van der Waals surface area (Å²) >= 11 is 0. The Hall–Kier alpha value is -3.66. The van der Waals surface area contributed by atoms with Crippen molar-refractivity contribution >= 4 is 17.6 Å². The summed E-state index contributed by atoms with van der Waals surface area (Å²) in [5.41, 5.74) is 2.90. The fraction of sp³-hybridized carbons (Fsp3) is 0.394. The number of rotatable bonds is 14. The van der Waals surface area contributed by atoms with Crippen LogP contribution in [0.3, 0.4) is 0 Å². The molecule has 9 heteroatoms. The van der Waals surface area contributed by atoms with Crippen LogP contribution in [0.15, 0.2) is 72.8 Å². The molecule has 7 nitrogen and oxygen atoms in total. The van der Waals surface area contributed by atoms with E-state index in [0.29, 0.717) is 37.3 Å². The molecule has 3 aromatic rings. The second kappa shape index (κ2) is 13.1. The van der Waals surface area contributed by atoms with Gasteiger partial charge in [-0.25, -0.2) is 8.78 Å². The van der Waals surface area contributed by atoms with E-state index in [4.69, 9.17) is 9.84 Å². The quantitative estimate of drug-likeness (QED) is 0.177. The number of hydrogen-bond acceptors (Lipinski definition) is 5. The normalized spacial score (nSPS) is 20.1. The zero-order valence-corrected chi connectivity index (χ0v) is 23.3. The Morgan fingerprint density at radius 3 is 2.21 bits per heavy atom. The van der Waals surface area contributed by atoms with Gasteiger partial charge in [0.15, 0.2) is 0 Å². The van der Waals surface area contributed by atoms with E-state index >= 15 is 0 Å². The van der Waals surface area contributed by atoms with E-state index in [1.165, 1.54) is 24.3 Å². The number of aryl methyl sites for hydroxylation is 1. The lowest BCUT2D eigenvalue weighted by Gasteiger charge is -2.48. The van der Waals surface area contributed by atoms with Crippen LogP contribution in [0.2, 0.25) is 0 Å². The first-order valence-corrected chi connectivity index (χ1v) is 14.4. The lowest BCUT2D eigenvalue weighted by atomic mass is 9.78. The number of halogens is 2. The summed E-state index contributed by atoms with van der Waals surface area (Å²) in [6.07, 6.45) is 2.74. The van der Waals surface area contributed by atoms with Crippen molar-refractivity contribution in [3.05, 3.63) is 101 Å². The fourth-order valence-corrected chi connectivity index (χ4v) is 5.88. The molecule has 2 aliphatic heterocycles. The van der Waals surface area contributed by atoms with Crippen LogP contribution in [0, 0.1) is 17.6 Å². The Labute approximate surface area is 244 Å². The van der Waals surface area contributed by atoms with Gasteiger partial charge in [0.25, 0.3) is 0 Å². The van der Waals surface area contributed by atoms with E-state index in [2.05, 4.69) is 17.4 Å². The van der Waals surface area contributed by atoms with Crippen molar-refractivity contribution in [3.63, 3.8) is 0 Å². The predicted molar refractivity (Wildman–Crippen MR) is 154 cm³/mol. The van der Waals surface area contributed by atoms with Gasteiger partial charge in [-0.15, -0.1) is 0 Å². The molecule has 0 radical (unpaired) electrons. The maximum absolute atomic E-state index is 13.6. The Morgan fingerprint density at radius 2 is 1.62 bits per heavy atom. The molecular weight excluding hydrogens is 542 g/mol. The number of aliphatic hydroxyl groups excluding tert-OH is 1. The van der Waals surface area contributed by atoms with E-state index in [-0.39, 0.29) is 35.9 Å². The van der Waals surface area contributed by atoms with Crippen LogP contribution in [0.1, 0.15) is 60.9 Å². The van der Waals surface area contributed by atoms with Crippen molar-refractivity contribution in [2.75, 3.05) is 24.7 Å². The molecular formula is C33H36F2N2O5. The molecule has 2 saturated heterocycles. The molecule has 42 heavy (non-hydrogen) atoms. The molecule has 5 rings (SSSR count). The highest BCUT2D eigenvalue weighted by molar-refractivity contribution is 6.03. The molecule has 2 fully saturated rings. The van der Waals surface area contributed by atoms with Crippen LogP contribution in [-0.4, -0.2) is 47.4 Å². The summed E-state index contributed by atoms with van der Waals surface area (Å²) in [4.78, 5) is 26.1. The molecule has 3 N–H and O–H groups in total. The smallest absolute Gasteiger partial charge is 0.305 e. The number of hydrogen-bond donors (Lipinski definition) is 3. The number of aliphatic carboxylic acids is 1. The maximum Gasteiger partial charge on any atom is 0.305 e. The van der Waals surface area contributed by atoms with Gasteiger partial charge in [-0.05, 0) is 91.7 Å². The number of carbonyl (C=O) groups is 2. The summed E-state index contributed by atoms with van der Waals surface area (Å²) in [7, 11) is 0. The van der Waals surface area contributed by atoms with Crippen molar-refractivity contribution in [1.29, 1.82) is 0 Å². The molecule has 222 valence electrons. The van der Waals surface area contributed by atoms with Gasteiger partial charge in [0, 0.05) is 5.69 Å². The molecule has 0 aliphatic carbocycles. The minimum Gasteiger partial charge on any atom is -0.481 e. The van der Waals surface area contributed by atoms with Gasteiger partial charge in [0.1, 0.15) is 11.6 Å². The third kappa shape index (κ3) is 6.86. The number of β-lactam (4-membered cyclic amide) rings is 1. The van der Waals surface area contributed by atoms with Crippen molar-refractivity contribution in [3.8, 4) is 0 Å². The average molecular weight is 579 g/mol. The number of aliphatic hydroxyl groups is 1. The highest BCUT2D eigenvalue weighted by Crippen LogP contribution is 2.46. The average Bonchev–Trinajstić information content (AvgIpc) is 2.95. The number of nitrogens with zero attached hydrogens (tertiary/aromatic N) is 1. The Bertz CT molecular complexity index is 1360. The zero-order valence-electron chi connectivity index (χ0n) is 23.3. The van der Waals surface area contributed by atoms with Crippen LogP contribution in [0.5, 0.6) is 0 Å². The summed E-state index contributed by atoms with van der Waals surface area (Å²) in [5, 5.41) is 23.1. The molecule has 0 saturated carbocycles. The SMILES string of the molecule is O=C(O)CC1(NCCCCc2ccc([C@@H]3[C@@H](CC[C@H](O)c4ccc(F)cc4)C(=O)N3c3ccc(F)cc3)cc2)COC1. The summed E-state index contributed by atoms with van der Waals surface area (Å²) in [6, 6.07) is 19.5. The van der Waals surface area contributed by atoms with Crippen molar-refractivity contribution in [2.45, 2.75) is 56.2 Å². The largest absolute Gasteiger partial charge is 0.481 e. The second-order valence-corrected chi connectivity index (χ2v) is 11.3. The standard InChI is InChI=1S/C33H36F2N2O5/c34-25-10-8-23(9-11-25)29(38)17-16-28-31(37(32(28)41)27-14-12-26(35)13-15-27)24-6-4-22(5-7-24)3-1-2-18-36-33(19-30(39)40)20-42-21-33/h4-15,28-29,31,36,38H,1-3,16-21H2,(H,39,40)/t28-,29+,31-/m1/s1. The Kier molecular flexibility index (Phi) is 9.30. The number of ether oxygens (including phenoxy) is 1. The van der Waals surface area contributed by atoms with E-state index in [1.54, 1.807) is 29.2 Å². The van der Waals surface area contributed by atoms with Gasteiger partial charge in [-0.2, -0.15) is 0 Å². The van der Waals surface area contributed by atoms with Gasteiger partial charge in [0.2, 0.25) is 5.91 Å². The number of carboxylic acids is 1. The third-order valence-corrected chi connectivity index (χ3v) is 8.28. The van der Waals surface area contributed by atoms with Crippen molar-refractivity contribution in [2.24, 2.45) is 5.92 Å². The van der Waals surface area contributed by atoms with E-state index < -0.39 is 17.6 Å². The molecule has 2 aliphatic rings. The zero-order chi connectivity index (χ0) is 29.7. The minimum absolute atomic E-state index is 0.0548. The first-order chi connectivity index (χ1) is 20.2. The molecule has 0 bridgehead atoms. The number of amides is 1. The Morgan fingerprint density at radius 1 is 0.976 bits per heavy atom. The number of benzene rings is 3. The fourth-order valence-electron chi connectivity index (χ4n) is 5.88. The van der Waals surface area contributed by atoms with E-state index in [0.717, 1.165) is 36.9 Å². The minimum atomic E-state index is -0.830. The number of nitrogens with one attached hydrogen (secondary N) is 1. The molecule has 2 heterocycles. The van der Waals surface area contributed by atoms with E-state index in [9.17, 15) is 23.5 Å². The monoisotopic (exact) mass is 578 g/mol. The highest BCUT2D eigenvalue weighted by atomic mass is 19.1. The number of unbranched alkanes of at least 4 members (excludes halogenated alkanes) is 1. The van der Waals surface area contributed by atoms with Gasteiger partial charge < -0.3 is 25.2 Å². The summed E-state index contributed by atoms with van der Waals surface area (Å²) < 4.78 is 32.1. The van der Waals surface area contributed by atoms with Crippen LogP contribution in [0.25, 0.3) is 0 Å². The molecule has 0 unspecified atom stereocenters. The van der Waals surface area contributed by atoms with Gasteiger partial charge in [-0.3, -0.25) is 9.59 Å². The Balaban J connectivity index is 1.20. The van der Waals surface area contributed by atoms with Crippen LogP contribution in [-0.2, 0) is 20.7 Å². The number of carbonyl (C=O) groups excluding carboxylic acids is 1. The molecule has 3 aromatic carbocycles. The van der Waals surface area contributed by atoms with Crippen molar-refractivity contribution in [1.82, 2.24) is 5.32 Å². The topological polar surface area (TPSA) is 99.1 Å². The summed E-state index contributed by atoms with van der Waals surface area (Å²) in [6.45, 7) is 1.56. The lowest BCUT2D eigenvalue weighted by Crippen LogP contribution is -2.61. The first kappa shape index (κ1) is 29.8.